The van der Waals surface area contributed by atoms with Crippen LogP contribution in [0.15, 0.2) is 254 Å². The summed E-state index contributed by atoms with van der Waals surface area (Å²) in [6.07, 6.45) is 0. The summed E-state index contributed by atoms with van der Waals surface area (Å²) in [6.45, 7) is 0. The maximum atomic E-state index is 9.81. The highest BCUT2D eigenvalue weighted by atomic mass is 15.1. The molecule has 0 radical (unpaired) electrons. The minimum absolute atomic E-state index is 0.157. The number of anilines is 3. The van der Waals surface area contributed by atoms with Gasteiger partial charge in [0.15, 0.2) is 0 Å². The molecule has 11 rings (SSSR count). The molecule has 0 amide bonds. The van der Waals surface area contributed by atoms with Gasteiger partial charge in [-0.15, -0.1) is 0 Å². The second-order valence-electron chi connectivity index (χ2n) is 13.7. The molecule has 62 heavy (non-hydrogen) atoms. The van der Waals surface area contributed by atoms with Crippen molar-refractivity contribution in [3.8, 4) is 61.3 Å². The van der Waals surface area contributed by atoms with E-state index in [4.69, 9.17) is 19.2 Å². The number of rotatable bonds is 9. The van der Waals surface area contributed by atoms with Crippen molar-refractivity contribution in [2.75, 3.05) is 4.90 Å². The topological polar surface area (TPSA) is 8.17 Å². The van der Waals surface area contributed by atoms with Crippen LogP contribution in [0.3, 0.4) is 0 Å². The lowest BCUT2D eigenvalue weighted by Crippen LogP contribution is -2.09. The Balaban J connectivity index is 1.21. The minimum Gasteiger partial charge on any atom is -0.311 e. The lowest BCUT2D eigenvalue weighted by Gasteiger charge is -2.26. The lowest BCUT2D eigenvalue weighted by molar-refractivity contribution is 1.18. The van der Waals surface area contributed by atoms with E-state index in [1.165, 1.54) is 0 Å². The van der Waals surface area contributed by atoms with Crippen molar-refractivity contribution in [1.82, 2.24) is 4.57 Å². The molecule has 2 heteroatoms. The largest absolute Gasteiger partial charge is 0.311 e. The van der Waals surface area contributed by atoms with E-state index in [9.17, 15) is 16.4 Å². The Labute approximate surface area is 399 Å². The highest BCUT2D eigenvalue weighted by molar-refractivity contribution is 6.11. The first-order valence-electron chi connectivity index (χ1n) is 32.1. The fourth-order valence-electron chi connectivity index (χ4n) is 7.34. The van der Waals surface area contributed by atoms with Gasteiger partial charge in [-0.25, -0.2) is 0 Å². The Kier molecular flexibility index (Phi) is 4.83. The van der Waals surface area contributed by atoms with Gasteiger partial charge in [-0.1, -0.05) is 194 Å². The van der Waals surface area contributed by atoms with Gasteiger partial charge in [0.1, 0.15) is 0 Å². The van der Waals surface area contributed by atoms with Crippen molar-refractivity contribution in [3.63, 3.8) is 0 Å². The van der Waals surface area contributed by atoms with E-state index >= 15 is 0 Å². The second kappa shape index (κ2) is 16.1. The normalized spacial score (nSPS) is 17.1. The van der Waals surface area contributed by atoms with E-state index in [-0.39, 0.29) is 11.1 Å². The number of hydrogen-bond acceptors (Lipinski definition) is 1. The third-order valence-electron chi connectivity index (χ3n) is 10.1. The van der Waals surface area contributed by atoms with Crippen LogP contribution in [0.1, 0.15) is 35.6 Å². The number of para-hydroxylation sites is 2. The molecule has 0 aliphatic heterocycles. The van der Waals surface area contributed by atoms with Crippen LogP contribution in [0.5, 0.6) is 0 Å². The molecule has 0 spiro atoms. The Bertz CT molecular complexity index is 4740. The van der Waals surface area contributed by atoms with Gasteiger partial charge in [-0.3, -0.25) is 0 Å². The number of nitrogens with zero attached hydrogens (tertiary/aromatic N) is 2. The summed E-state index contributed by atoms with van der Waals surface area (Å²) in [5, 5.41) is 1.37. The third kappa shape index (κ3) is 6.84. The molecule has 11 aromatic rings. The summed E-state index contributed by atoms with van der Waals surface area (Å²) in [7, 11) is 0. The van der Waals surface area contributed by atoms with Crippen LogP contribution < -0.4 is 4.90 Å². The Hall–Kier alpha value is -8.20. The zero-order valence-corrected chi connectivity index (χ0v) is 32.1. The van der Waals surface area contributed by atoms with Gasteiger partial charge < -0.3 is 9.47 Å². The molecule has 292 valence electrons. The van der Waals surface area contributed by atoms with Gasteiger partial charge in [0.05, 0.1) is 52.4 Å². The highest BCUT2D eigenvalue weighted by Crippen LogP contribution is 2.41. The molecule has 10 aromatic carbocycles. The summed E-state index contributed by atoms with van der Waals surface area (Å²) in [5.41, 5.74) is -4.17. The standard InChI is InChI=1S/C60H42N2/c1-4-16-43(17-5-1)44-28-35-50(36-29-44)61(52-39-32-48(33-40-52)54-23-11-10-22-53(54)46-18-6-2-7-19-46)51-37-30-45(31-38-51)49-34-41-60-57(42-49)56-25-13-15-27-59(56)62(60)58-26-14-12-24-55(58)47-20-8-3-9-21-47/h1-42H/i1D,2D,4D,5D,6D,7D,10D,11D,16D,17D,18D,19D,22D,23D,28D,29D,30D,31D,32D,33D,35D,36D,37D,38D,39D,40D. The van der Waals surface area contributed by atoms with Crippen LogP contribution in [0.2, 0.25) is 0 Å². The quantitative estimate of drug-likeness (QED) is 0.141. The molecular formula is C60H42N2. The Morgan fingerprint density at radius 1 is 0.306 bits per heavy atom. The predicted molar refractivity (Wildman–Crippen MR) is 263 cm³/mol. The first-order chi connectivity index (χ1) is 41.6. The molecule has 0 fully saturated rings. The zero-order chi connectivity index (χ0) is 63.9. The van der Waals surface area contributed by atoms with Crippen LogP contribution in [0.4, 0.5) is 17.1 Å². The fourth-order valence-corrected chi connectivity index (χ4v) is 7.34. The SMILES string of the molecule is [2H]c1c([2H])c([2H])c(-c2c([2H])c([2H])c(N(c3c([2H])c([2H])c(-c4ccc5c(c4)c4ccccc4n5-c4ccccc4-c4ccccc4)c([2H])c3[2H])c3c([2H])c([2H])c(-c4c([2H])c([2H])c([2H])c([2H])c4-c4c([2H])c([2H])c([2H])c([2H])c4[2H])c([2H])c3[2H])c([2H])c2[2H])c([2H])c1[2H]. The van der Waals surface area contributed by atoms with E-state index in [0.717, 1.165) is 27.7 Å². The van der Waals surface area contributed by atoms with E-state index in [1.54, 1.807) is 18.2 Å². The average Bonchev–Trinajstić information content (AvgIpc) is 0.933. The summed E-state index contributed by atoms with van der Waals surface area (Å²) < 4.78 is 238. The summed E-state index contributed by atoms with van der Waals surface area (Å²) in [5.74, 6) is 0. The van der Waals surface area contributed by atoms with Gasteiger partial charge in [-0.2, -0.15) is 0 Å². The minimum atomic E-state index is -1.24. The maximum Gasteiger partial charge on any atom is 0.0645 e. The Morgan fingerprint density at radius 2 is 0.774 bits per heavy atom. The smallest absolute Gasteiger partial charge is 0.0645 e. The van der Waals surface area contributed by atoms with E-state index in [1.807, 2.05) is 78.9 Å². The summed E-state index contributed by atoms with van der Waals surface area (Å²) in [6, 6.07) is 3.77. The molecule has 0 N–H and O–H groups in total. The summed E-state index contributed by atoms with van der Waals surface area (Å²) in [4.78, 5) is 0.444. The molecule has 2 nitrogen and oxygen atoms in total. The fraction of sp³-hybridized carbons (Fsp3) is 0. The number of aromatic nitrogens is 1. The Morgan fingerprint density at radius 3 is 1.42 bits per heavy atom. The predicted octanol–water partition coefficient (Wildman–Crippen LogP) is 16.6. The molecule has 0 unspecified atom stereocenters. The second-order valence-corrected chi connectivity index (χ2v) is 13.7. The molecule has 0 saturated heterocycles. The van der Waals surface area contributed by atoms with Crippen molar-refractivity contribution < 1.29 is 35.6 Å². The number of benzene rings is 10. The highest BCUT2D eigenvalue weighted by Gasteiger charge is 2.18. The van der Waals surface area contributed by atoms with Crippen molar-refractivity contribution in [2.24, 2.45) is 0 Å². The first kappa shape index (κ1) is 18.6. The molecule has 0 saturated carbocycles. The van der Waals surface area contributed by atoms with Gasteiger partial charge in [-0.05, 0) is 111 Å². The van der Waals surface area contributed by atoms with Crippen LogP contribution in [0.25, 0.3) is 83.1 Å². The number of hydrogen-bond donors (Lipinski definition) is 0. The third-order valence-corrected chi connectivity index (χ3v) is 10.1. The van der Waals surface area contributed by atoms with E-state index in [0.29, 0.717) is 15.8 Å². The zero-order valence-electron chi connectivity index (χ0n) is 58.1. The lowest BCUT2D eigenvalue weighted by atomic mass is 9.94. The molecule has 1 aromatic heterocycles. The monoisotopic (exact) mass is 816 g/mol. The van der Waals surface area contributed by atoms with Gasteiger partial charge >= 0.3 is 0 Å². The molecule has 0 bridgehead atoms. The van der Waals surface area contributed by atoms with Gasteiger partial charge in [0.2, 0.25) is 0 Å². The van der Waals surface area contributed by atoms with Crippen molar-refractivity contribution >= 4 is 38.9 Å². The van der Waals surface area contributed by atoms with Crippen molar-refractivity contribution in [2.45, 2.75) is 0 Å². The molecule has 1 heterocycles. The first-order valence-corrected chi connectivity index (χ1v) is 19.1. The molecule has 0 aliphatic rings. The van der Waals surface area contributed by atoms with Crippen molar-refractivity contribution in [3.05, 3.63) is 254 Å². The van der Waals surface area contributed by atoms with Crippen LogP contribution in [-0.4, -0.2) is 4.57 Å². The maximum absolute atomic E-state index is 9.81. The summed E-state index contributed by atoms with van der Waals surface area (Å²) >= 11 is 0. The van der Waals surface area contributed by atoms with Crippen LogP contribution >= 0.6 is 0 Å². The number of fused-ring (bicyclic) bond motifs is 3. The molecular weight excluding hydrogens is 749 g/mol. The molecule has 0 aliphatic carbocycles. The van der Waals surface area contributed by atoms with E-state index in [2.05, 4.69) is 4.57 Å². The molecule has 0 atom stereocenters. The van der Waals surface area contributed by atoms with Gasteiger partial charge in [0, 0.05) is 33.4 Å². The van der Waals surface area contributed by atoms with Crippen molar-refractivity contribution in [1.29, 1.82) is 0 Å². The van der Waals surface area contributed by atoms with Crippen LogP contribution in [-0.2, 0) is 0 Å². The van der Waals surface area contributed by atoms with E-state index < -0.39 is 208 Å². The average molecular weight is 817 g/mol. The van der Waals surface area contributed by atoms with Crippen LogP contribution in [0, 0.1) is 0 Å². The van der Waals surface area contributed by atoms with Gasteiger partial charge in [0.25, 0.3) is 0 Å².